The number of fused-ring (bicyclic) bond motifs is 1. The van der Waals surface area contributed by atoms with Gasteiger partial charge in [-0.2, -0.15) is 0 Å². The van der Waals surface area contributed by atoms with Crippen LogP contribution in [0.15, 0.2) is 60.9 Å². The summed E-state index contributed by atoms with van der Waals surface area (Å²) in [4.78, 5) is 7.53. The molecule has 4 aromatic rings. The van der Waals surface area contributed by atoms with Crippen LogP contribution in [-0.2, 0) is 6.54 Å². The van der Waals surface area contributed by atoms with Gasteiger partial charge in [0.2, 0.25) is 0 Å². The first-order chi connectivity index (χ1) is 12.3. The Morgan fingerprint density at radius 2 is 1.88 bits per heavy atom. The average molecular weight is 327 g/mol. The molecular weight excluding hydrogens is 306 g/mol. The predicted octanol–water partition coefficient (Wildman–Crippen LogP) is 5.27. The van der Waals surface area contributed by atoms with Crippen molar-refractivity contribution in [3.8, 4) is 11.3 Å². The summed E-state index contributed by atoms with van der Waals surface area (Å²) in [6.45, 7) is 3.04. The molecule has 1 fully saturated rings. The molecule has 5 rings (SSSR count). The van der Waals surface area contributed by atoms with Crippen LogP contribution in [0.1, 0.15) is 35.6 Å². The normalized spacial score (nSPS) is 14.3. The van der Waals surface area contributed by atoms with Crippen molar-refractivity contribution in [2.24, 2.45) is 0 Å². The molecular formula is C22H21N3. The summed E-state index contributed by atoms with van der Waals surface area (Å²) in [6.07, 6.45) is 4.46. The summed E-state index contributed by atoms with van der Waals surface area (Å²) in [5.41, 5.74) is 8.72. The van der Waals surface area contributed by atoms with E-state index < -0.39 is 0 Å². The molecule has 2 heterocycles. The van der Waals surface area contributed by atoms with Gasteiger partial charge in [-0.25, -0.2) is 4.98 Å². The van der Waals surface area contributed by atoms with E-state index in [-0.39, 0.29) is 0 Å². The quantitative estimate of drug-likeness (QED) is 0.544. The highest BCUT2D eigenvalue weighted by molar-refractivity contribution is 5.75. The molecule has 2 aromatic carbocycles. The van der Waals surface area contributed by atoms with E-state index in [2.05, 4.69) is 76.1 Å². The third kappa shape index (κ3) is 2.66. The van der Waals surface area contributed by atoms with Gasteiger partial charge in [-0.15, -0.1) is 0 Å². The fourth-order valence-corrected chi connectivity index (χ4v) is 3.63. The van der Waals surface area contributed by atoms with Crippen LogP contribution in [0.2, 0.25) is 0 Å². The zero-order valence-electron chi connectivity index (χ0n) is 14.4. The molecule has 0 unspecified atom stereocenters. The van der Waals surface area contributed by atoms with Crippen LogP contribution in [0.4, 0.5) is 0 Å². The smallest absolute Gasteiger partial charge is 0.0931 e. The Morgan fingerprint density at radius 3 is 2.68 bits per heavy atom. The lowest BCUT2D eigenvalue weighted by molar-refractivity contribution is 0.785. The van der Waals surface area contributed by atoms with E-state index >= 15 is 0 Å². The minimum absolute atomic E-state index is 0.808. The van der Waals surface area contributed by atoms with Crippen LogP contribution in [-0.4, -0.2) is 14.5 Å². The largest absolute Gasteiger partial charge is 0.345 e. The zero-order valence-corrected chi connectivity index (χ0v) is 14.4. The molecule has 2 aromatic heterocycles. The standard InChI is InChI=1S/C22H21N3/c1-15-2-11-22(19-8-6-18(7-9-19)17-4-5-17)25(15)13-16-3-10-20-21(12-16)24-14-23-20/h2-3,6-12,14,17H,4-5,13H2,1H3,(H,23,24). The van der Waals surface area contributed by atoms with Crippen LogP contribution in [0, 0.1) is 6.92 Å². The average Bonchev–Trinajstić information content (AvgIpc) is 3.28. The lowest BCUT2D eigenvalue weighted by Gasteiger charge is -2.13. The molecule has 1 aliphatic carbocycles. The van der Waals surface area contributed by atoms with Crippen molar-refractivity contribution < 1.29 is 0 Å². The third-order valence-electron chi connectivity index (χ3n) is 5.28. The predicted molar refractivity (Wildman–Crippen MR) is 102 cm³/mol. The van der Waals surface area contributed by atoms with Gasteiger partial charge in [0.25, 0.3) is 0 Å². The van der Waals surface area contributed by atoms with E-state index in [1.165, 1.54) is 40.9 Å². The monoisotopic (exact) mass is 327 g/mol. The summed E-state index contributed by atoms with van der Waals surface area (Å²) < 4.78 is 2.39. The van der Waals surface area contributed by atoms with E-state index in [0.29, 0.717) is 0 Å². The van der Waals surface area contributed by atoms with Gasteiger partial charge in [0.05, 0.1) is 17.4 Å². The van der Waals surface area contributed by atoms with Gasteiger partial charge in [0.15, 0.2) is 0 Å². The highest BCUT2D eigenvalue weighted by Crippen LogP contribution is 2.40. The Bertz CT molecular complexity index is 1030. The number of nitrogens with one attached hydrogen (secondary N) is 1. The summed E-state index contributed by atoms with van der Waals surface area (Å²) >= 11 is 0. The van der Waals surface area contributed by atoms with E-state index in [4.69, 9.17) is 0 Å². The van der Waals surface area contributed by atoms with Crippen LogP contribution in [0.25, 0.3) is 22.3 Å². The molecule has 0 atom stereocenters. The van der Waals surface area contributed by atoms with Crippen molar-refractivity contribution in [1.29, 1.82) is 0 Å². The Morgan fingerprint density at radius 1 is 1.04 bits per heavy atom. The Labute approximate surface area is 147 Å². The molecule has 25 heavy (non-hydrogen) atoms. The van der Waals surface area contributed by atoms with E-state index in [9.17, 15) is 0 Å². The molecule has 0 radical (unpaired) electrons. The molecule has 0 aliphatic heterocycles. The Kier molecular flexibility index (Phi) is 3.27. The number of nitrogens with zero attached hydrogens (tertiary/aromatic N) is 2. The maximum Gasteiger partial charge on any atom is 0.0931 e. The summed E-state index contributed by atoms with van der Waals surface area (Å²) in [6, 6.07) is 20.0. The van der Waals surface area contributed by atoms with Crippen molar-refractivity contribution in [1.82, 2.24) is 14.5 Å². The Balaban J connectivity index is 1.49. The number of rotatable bonds is 4. The minimum atomic E-state index is 0.808. The van der Waals surface area contributed by atoms with Crippen molar-refractivity contribution in [2.75, 3.05) is 0 Å². The van der Waals surface area contributed by atoms with Gasteiger partial charge in [-0.1, -0.05) is 30.3 Å². The minimum Gasteiger partial charge on any atom is -0.345 e. The number of aromatic amines is 1. The number of imidazole rings is 1. The first kappa shape index (κ1) is 14.5. The van der Waals surface area contributed by atoms with E-state index in [1.54, 1.807) is 6.33 Å². The van der Waals surface area contributed by atoms with E-state index in [1.807, 2.05) is 0 Å². The second-order valence-electron chi connectivity index (χ2n) is 7.10. The molecule has 3 heteroatoms. The number of aromatic nitrogens is 3. The topological polar surface area (TPSA) is 33.6 Å². The molecule has 0 saturated heterocycles. The van der Waals surface area contributed by atoms with Gasteiger partial charge in [-0.3, -0.25) is 0 Å². The highest BCUT2D eigenvalue weighted by atomic mass is 15.0. The summed E-state index contributed by atoms with van der Waals surface area (Å²) in [7, 11) is 0. The first-order valence-electron chi connectivity index (χ1n) is 8.96. The second-order valence-corrected chi connectivity index (χ2v) is 7.10. The fraction of sp³-hybridized carbons (Fsp3) is 0.227. The number of benzene rings is 2. The molecule has 124 valence electrons. The number of H-pyrrole nitrogens is 1. The van der Waals surface area contributed by atoms with Crippen molar-refractivity contribution in [2.45, 2.75) is 32.2 Å². The molecule has 3 nitrogen and oxygen atoms in total. The van der Waals surface area contributed by atoms with Crippen LogP contribution < -0.4 is 0 Å². The summed E-state index contributed by atoms with van der Waals surface area (Å²) in [5.74, 6) is 0.808. The molecule has 1 saturated carbocycles. The van der Waals surface area contributed by atoms with Gasteiger partial charge >= 0.3 is 0 Å². The van der Waals surface area contributed by atoms with Crippen molar-refractivity contribution in [3.05, 3.63) is 77.7 Å². The molecule has 1 aliphatic rings. The molecule has 0 spiro atoms. The van der Waals surface area contributed by atoms with Crippen LogP contribution >= 0.6 is 0 Å². The number of aryl methyl sites for hydroxylation is 1. The molecule has 1 N–H and O–H groups in total. The first-order valence-corrected chi connectivity index (χ1v) is 8.96. The zero-order chi connectivity index (χ0) is 16.8. The van der Waals surface area contributed by atoms with Crippen molar-refractivity contribution in [3.63, 3.8) is 0 Å². The summed E-state index contributed by atoms with van der Waals surface area (Å²) in [5, 5.41) is 0. The van der Waals surface area contributed by atoms with Crippen LogP contribution in [0.5, 0.6) is 0 Å². The number of hydrogen-bond donors (Lipinski definition) is 1. The van der Waals surface area contributed by atoms with Gasteiger partial charge < -0.3 is 9.55 Å². The van der Waals surface area contributed by atoms with E-state index in [0.717, 1.165) is 23.5 Å². The SMILES string of the molecule is Cc1ccc(-c2ccc(C3CC3)cc2)n1Cc1ccc2[nH]cnc2c1. The molecule has 0 amide bonds. The maximum absolute atomic E-state index is 4.38. The Hall–Kier alpha value is -2.81. The lowest BCUT2D eigenvalue weighted by Crippen LogP contribution is -2.03. The molecule has 0 bridgehead atoms. The van der Waals surface area contributed by atoms with Gasteiger partial charge in [-0.05, 0) is 66.6 Å². The second kappa shape index (κ2) is 5.62. The van der Waals surface area contributed by atoms with Crippen molar-refractivity contribution >= 4 is 11.0 Å². The maximum atomic E-state index is 4.38. The lowest BCUT2D eigenvalue weighted by atomic mass is 10.1. The van der Waals surface area contributed by atoms with Gasteiger partial charge in [0.1, 0.15) is 0 Å². The third-order valence-corrected chi connectivity index (χ3v) is 5.28. The fourth-order valence-electron chi connectivity index (χ4n) is 3.63. The van der Waals surface area contributed by atoms with Gasteiger partial charge in [0, 0.05) is 17.9 Å². The highest BCUT2D eigenvalue weighted by Gasteiger charge is 2.23. The number of hydrogen-bond acceptors (Lipinski definition) is 1. The van der Waals surface area contributed by atoms with Crippen LogP contribution in [0.3, 0.4) is 0 Å².